The zero-order valence-electron chi connectivity index (χ0n) is 8.59. The van der Waals surface area contributed by atoms with Crippen molar-refractivity contribution in [3.05, 3.63) is 62.4 Å². The van der Waals surface area contributed by atoms with E-state index in [2.05, 4.69) is 0 Å². The molecule has 0 spiro atoms. The molecule has 0 unspecified atom stereocenters. The summed E-state index contributed by atoms with van der Waals surface area (Å²) in [5, 5.41) is 0. The van der Waals surface area contributed by atoms with Gasteiger partial charge in [0.05, 0.1) is 6.42 Å². The number of carbonyl (C=O) groups excluding carboxylic acids is 1. The second kappa shape index (κ2) is 7.04. The van der Waals surface area contributed by atoms with Gasteiger partial charge in [-0.25, -0.2) is 0 Å². The van der Waals surface area contributed by atoms with Crippen molar-refractivity contribution in [3.63, 3.8) is 0 Å². The maximum atomic E-state index is 11.2. The van der Waals surface area contributed by atoms with Crippen LogP contribution in [0.3, 0.4) is 0 Å². The minimum atomic E-state index is -0.373. The molecule has 1 aromatic carbocycles. The van der Waals surface area contributed by atoms with Gasteiger partial charge in [0.25, 0.3) is 0 Å². The predicted molar refractivity (Wildman–Crippen MR) is 59.3 cm³/mol. The quantitative estimate of drug-likeness (QED) is 0.402. The smallest absolute Gasteiger partial charge is 0.315 e. The molecule has 1 rings (SSSR count). The predicted octanol–water partition coefficient (Wildman–Crippen LogP) is 2.63. The molecule has 0 saturated carbocycles. The van der Waals surface area contributed by atoms with Crippen molar-refractivity contribution < 1.29 is 9.53 Å². The van der Waals surface area contributed by atoms with Crippen LogP contribution in [0.25, 0.3) is 0 Å². The Morgan fingerprint density at radius 1 is 1.13 bits per heavy atom. The van der Waals surface area contributed by atoms with Crippen LogP contribution in [0.15, 0.2) is 30.3 Å². The van der Waals surface area contributed by atoms with Gasteiger partial charge in [0.15, 0.2) is 0 Å². The average Bonchev–Trinajstić information content (AvgIpc) is 2.26. The molecule has 15 heavy (non-hydrogen) atoms. The minimum absolute atomic E-state index is 0.373. The highest BCUT2D eigenvalue weighted by molar-refractivity contribution is 5.83. The van der Waals surface area contributed by atoms with Gasteiger partial charge in [-0.15, -0.1) is 0 Å². The largest absolute Gasteiger partial charge is 0.426 e. The molecule has 0 bridgehead atoms. The zero-order chi connectivity index (χ0) is 10.9. The Hall–Kier alpha value is -1.31. The van der Waals surface area contributed by atoms with Crippen molar-refractivity contribution in [2.24, 2.45) is 0 Å². The Kier molecular flexibility index (Phi) is 5.52. The number of hydrogen-bond donors (Lipinski definition) is 0. The number of esters is 1. The fourth-order valence-corrected chi connectivity index (χ4v) is 0.948. The summed E-state index contributed by atoms with van der Waals surface area (Å²) in [5.41, 5.74) is 0. The van der Waals surface area contributed by atoms with Gasteiger partial charge in [-0.2, -0.15) is 0 Å². The average molecular weight is 201 g/mol. The van der Waals surface area contributed by atoms with E-state index < -0.39 is 0 Å². The summed E-state index contributed by atoms with van der Waals surface area (Å²) in [7, 11) is 0. The number of unbranched alkanes of at least 4 members (excludes halogenated alkanes) is 3. The van der Waals surface area contributed by atoms with Crippen LogP contribution in [0, 0.1) is 32.1 Å². The Bertz CT molecular complexity index is 280. The summed E-state index contributed by atoms with van der Waals surface area (Å²) in [6, 6.07) is 8.98. The van der Waals surface area contributed by atoms with E-state index in [0.717, 1.165) is 0 Å². The van der Waals surface area contributed by atoms with Crippen LogP contribution in [0.1, 0.15) is 6.92 Å². The fourth-order valence-electron chi connectivity index (χ4n) is 0.948. The van der Waals surface area contributed by atoms with E-state index in [1.165, 1.54) is 6.42 Å². The highest BCUT2D eigenvalue weighted by Crippen LogP contribution is 2.09. The molecule has 2 nitrogen and oxygen atoms in total. The minimum Gasteiger partial charge on any atom is -0.426 e. The normalized spacial score (nSPS) is 9.93. The zero-order valence-corrected chi connectivity index (χ0v) is 8.59. The van der Waals surface area contributed by atoms with Crippen LogP contribution >= 0.6 is 0 Å². The molecule has 0 aliphatic heterocycles. The molecule has 5 radical (unpaired) electrons. The molecular formula is C13H13O2. The van der Waals surface area contributed by atoms with E-state index in [-0.39, 0.29) is 5.97 Å². The summed E-state index contributed by atoms with van der Waals surface area (Å²) in [6.45, 7) is 1.91. The SMILES string of the molecule is C[CH][CH][CH][CH][CH]C(=O)Oc1ccccc1. The van der Waals surface area contributed by atoms with E-state index >= 15 is 0 Å². The third-order valence-electron chi connectivity index (χ3n) is 1.61. The molecule has 0 fully saturated rings. The first kappa shape index (κ1) is 11.8. The lowest BCUT2D eigenvalue weighted by molar-refractivity contribution is -0.130. The van der Waals surface area contributed by atoms with Gasteiger partial charge in [0, 0.05) is 0 Å². The van der Waals surface area contributed by atoms with Gasteiger partial charge < -0.3 is 4.74 Å². The lowest BCUT2D eigenvalue weighted by Gasteiger charge is -2.02. The number of rotatable bonds is 6. The van der Waals surface area contributed by atoms with E-state index in [4.69, 9.17) is 4.74 Å². The Labute approximate surface area is 91.3 Å². The highest BCUT2D eigenvalue weighted by Gasteiger charge is 2.04. The molecule has 0 heterocycles. The molecule has 0 aliphatic rings. The number of hydrogen-bond acceptors (Lipinski definition) is 2. The summed E-state index contributed by atoms with van der Waals surface area (Å²) in [6.07, 6.45) is 8.52. The van der Waals surface area contributed by atoms with Gasteiger partial charge in [-0.1, -0.05) is 25.1 Å². The standard InChI is InChI=1S/C13H13O2/c1-2-3-4-8-11-13(14)15-12-9-6-5-7-10-12/h2-11H,1H3. The number of ether oxygens (including phenoxy) is 1. The summed E-state index contributed by atoms with van der Waals surface area (Å²) in [5.74, 6) is 0.181. The summed E-state index contributed by atoms with van der Waals surface area (Å²) < 4.78 is 5.02. The lowest BCUT2D eigenvalue weighted by Crippen LogP contribution is -2.08. The Morgan fingerprint density at radius 2 is 1.87 bits per heavy atom. The fraction of sp³-hybridized carbons (Fsp3) is 0.0769. The van der Waals surface area contributed by atoms with Crippen molar-refractivity contribution >= 4 is 5.97 Å². The van der Waals surface area contributed by atoms with Crippen LogP contribution in [-0.4, -0.2) is 5.97 Å². The van der Waals surface area contributed by atoms with Crippen LogP contribution in [0.2, 0.25) is 0 Å². The van der Waals surface area contributed by atoms with Crippen LogP contribution < -0.4 is 4.74 Å². The molecule has 2 heteroatoms. The van der Waals surface area contributed by atoms with E-state index in [9.17, 15) is 4.79 Å². The lowest BCUT2D eigenvalue weighted by atomic mass is 10.1. The maximum absolute atomic E-state index is 11.2. The van der Waals surface area contributed by atoms with Crippen LogP contribution in [0.5, 0.6) is 5.75 Å². The molecule has 0 amide bonds. The highest BCUT2D eigenvalue weighted by atomic mass is 16.5. The first-order chi connectivity index (χ1) is 7.33. The Balaban J connectivity index is 2.19. The molecule has 0 saturated heterocycles. The number of carbonyl (C=O) groups is 1. The second-order valence-electron chi connectivity index (χ2n) is 2.81. The van der Waals surface area contributed by atoms with E-state index in [1.807, 2.05) is 38.0 Å². The van der Waals surface area contributed by atoms with Gasteiger partial charge in [-0.05, 0) is 37.8 Å². The van der Waals surface area contributed by atoms with Gasteiger partial charge in [-0.3, -0.25) is 4.79 Å². The topological polar surface area (TPSA) is 26.3 Å². The maximum Gasteiger partial charge on any atom is 0.315 e. The molecular weight excluding hydrogens is 188 g/mol. The summed E-state index contributed by atoms with van der Waals surface area (Å²) >= 11 is 0. The first-order valence-corrected chi connectivity index (χ1v) is 4.72. The molecule has 0 N–H and O–H groups in total. The van der Waals surface area contributed by atoms with Gasteiger partial charge in [0.1, 0.15) is 5.75 Å². The van der Waals surface area contributed by atoms with Crippen LogP contribution in [-0.2, 0) is 4.79 Å². The first-order valence-electron chi connectivity index (χ1n) is 4.72. The van der Waals surface area contributed by atoms with Gasteiger partial charge >= 0.3 is 5.97 Å². The van der Waals surface area contributed by atoms with E-state index in [0.29, 0.717) is 5.75 Å². The van der Waals surface area contributed by atoms with Crippen LogP contribution in [0.4, 0.5) is 0 Å². The third-order valence-corrected chi connectivity index (χ3v) is 1.61. The van der Waals surface area contributed by atoms with Crippen molar-refractivity contribution in [3.8, 4) is 5.75 Å². The molecule has 0 aliphatic carbocycles. The van der Waals surface area contributed by atoms with Crippen molar-refractivity contribution in [1.29, 1.82) is 0 Å². The second-order valence-corrected chi connectivity index (χ2v) is 2.81. The molecule has 0 atom stereocenters. The third kappa shape index (κ3) is 5.21. The van der Waals surface area contributed by atoms with E-state index in [1.54, 1.807) is 25.0 Å². The van der Waals surface area contributed by atoms with Gasteiger partial charge in [0.2, 0.25) is 0 Å². The molecule has 1 aromatic rings. The molecule has 0 aromatic heterocycles. The molecule has 77 valence electrons. The number of para-hydroxylation sites is 1. The van der Waals surface area contributed by atoms with Crippen molar-refractivity contribution in [1.82, 2.24) is 0 Å². The summed E-state index contributed by atoms with van der Waals surface area (Å²) in [4.78, 5) is 11.2. The van der Waals surface area contributed by atoms with Crippen molar-refractivity contribution in [2.75, 3.05) is 0 Å². The Morgan fingerprint density at radius 3 is 2.53 bits per heavy atom. The van der Waals surface area contributed by atoms with Crippen molar-refractivity contribution in [2.45, 2.75) is 6.92 Å². The number of benzene rings is 1. The monoisotopic (exact) mass is 201 g/mol.